The van der Waals surface area contributed by atoms with Crippen molar-refractivity contribution in [3.63, 3.8) is 0 Å². The van der Waals surface area contributed by atoms with Crippen LogP contribution >= 0.6 is 15.9 Å². The number of hydrogen-bond donors (Lipinski definition) is 1. The minimum atomic E-state index is -1.03. The van der Waals surface area contributed by atoms with Crippen molar-refractivity contribution >= 4 is 21.9 Å². The maximum Gasteiger partial charge on any atom is 0.335 e. The van der Waals surface area contributed by atoms with E-state index in [1.54, 1.807) is 12.1 Å². The molecule has 0 bridgehead atoms. The van der Waals surface area contributed by atoms with E-state index in [2.05, 4.69) is 15.9 Å². The molecule has 0 aromatic heterocycles. The second-order valence-electron chi connectivity index (χ2n) is 3.48. The Bertz CT molecular complexity index is 599. The molecular weight excluding hydrogens is 303 g/mol. The molecule has 2 rings (SSSR count). The fourth-order valence-electron chi connectivity index (χ4n) is 1.36. The summed E-state index contributed by atoms with van der Waals surface area (Å²) < 4.78 is 19.2. The van der Waals surface area contributed by atoms with Crippen LogP contribution in [0.15, 0.2) is 46.9 Å². The Kier molecular flexibility index (Phi) is 3.62. The number of aromatic carboxylic acids is 1. The van der Waals surface area contributed by atoms with Gasteiger partial charge in [-0.3, -0.25) is 0 Å². The first kappa shape index (κ1) is 12.6. The van der Waals surface area contributed by atoms with E-state index in [9.17, 15) is 9.18 Å². The summed E-state index contributed by atoms with van der Waals surface area (Å²) in [7, 11) is 0. The Balaban J connectivity index is 2.30. The van der Waals surface area contributed by atoms with Gasteiger partial charge < -0.3 is 9.84 Å². The van der Waals surface area contributed by atoms with Crippen LogP contribution in [0.25, 0.3) is 0 Å². The molecule has 0 fully saturated rings. The number of carboxylic acids is 1. The second kappa shape index (κ2) is 5.18. The molecule has 0 aliphatic heterocycles. The van der Waals surface area contributed by atoms with Crippen LogP contribution in [0.5, 0.6) is 11.5 Å². The Morgan fingerprint density at radius 3 is 2.50 bits per heavy atom. The molecule has 2 aromatic carbocycles. The summed E-state index contributed by atoms with van der Waals surface area (Å²) >= 11 is 3.19. The predicted molar refractivity (Wildman–Crippen MR) is 67.6 cm³/mol. The Morgan fingerprint density at radius 1 is 1.17 bits per heavy atom. The molecule has 3 nitrogen and oxygen atoms in total. The third-order valence-electron chi connectivity index (χ3n) is 2.24. The molecule has 0 aliphatic carbocycles. The fraction of sp³-hybridized carbons (Fsp3) is 0. The van der Waals surface area contributed by atoms with Crippen LogP contribution in [0.1, 0.15) is 10.4 Å². The lowest BCUT2D eigenvalue weighted by Gasteiger charge is -2.08. The third kappa shape index (κ3) is 2.68. The van der Waals surface area contributed by atoms with Crippen LogP contribution in [-0.2, 0) is 0 Å². The molecule has 0 saturated heterocycles. The van der Waals surface area contributed by atoms with Gasteiger partial charge in [-0.2, -0.15) is 0 Å². The number of hydrogen-bond acceptors (Lipinski definition) is 2. The lowest BCUT2D eigenvalue weighted by atomic mass is 10.2. The van der Waals surface area contributed by atoms with E-state index in [0.717, 1.165) is 0 Å². The largest absolute Gasteiger partial charge is 0.478 e. The molecule has 2 aromatic rings. The van der Waals surface area contributed by atoms with Gasteiger partial charge in [0.15, 0.2) is 11.6 Å². The SMILES string of the molecule is O=C(O)c1ccc(Oc2ccccc2F)c(Br)c1. The van der Waals surface area contributed by atoms with Crippen molar-refractivity contribution in [1.29, 1.82) is 0 Å². The van der Waals surface area contributed by atoms with Gasteiger partial charge in [-0.05, 0) is 46.3 Å². The first-order chi connectivity index (χ1) is 8.58. The average molecular weight is 311 g/mol. The molecule has 0 unspecified atom stereocenters. The molecule has 0 atom stereocenters. The molecule has 0 aliphatic rings. The quantitative estimate of drug-likeness (QED) is 0.929. The van der Waals surface area contributed by atoms with Crippen LogP contribution in [0, 0.1) is 5.82 Å². The van der Waals surface area contributed by atoms with Crippen LogP contribution in [0.3, 0.4) is 0 Å². The number of carboxylic acid groups (broad SMARTS) is 1. The number of rotatable bonds is 3. The zero-order valence-electron chi connectivity index (χ0n) is 9.06. The van der Waals surface area contributed by atoms with E-state index in [0.29, 0.717) is 10.2 Å². The van der Waals surface area contributed by atoms with Gasteiger partial charge in [0.25, 0.3) is 0 Å². The van der Waals surface area contributed by atoms with Crippen LogP contribution < -0.4 is 4.74 Å². The van der Waals surface area contributed by atoms with Crippen molar-refractivity contribution in [3.05, 3.63) is 58.3 Å². The highest BCUT2D eigenvalue weighted by Gasteiger charge is 2.10. The highest BCUT2D eigenvalue weighted by molar-refractivity contribution is 9.10. The highest BCUT2D eigenvalue weighted by atomic mass is 79.9. The first-order valence-electron chi connectivity index (χ1n) is 5.03. The van der Waals surface area contributed by atoms with Gasteiger partial charge in [-0.15, -0.1) is 0 Å². The molecule has 0 spiro atoms. The van der Waals surface area contributed by atoms with Crippen molar-refractivity contribution in [2.75, 3.05) is 0 Å². The molecule has 5 heteroatoms. The van der Waals surface area contributed by atoms with E-state index < -0.39 is 11.8 Å². The van der Waals surface area contributed by atoms with Gasteiger partial charge in [0.1, 0.15) is 5.75 Å². The molecule has 18 heavy (non-hydrogen) atoms. The maximum absolute atomic E-state index is 13.4. The third-order valence-corrected chi connectivity index (χ3v) is 2.86. The Hall–Kier alpha value is -1.88. The van der Waals surface area contributed by atoms with Gasteiger partial charge in [-0.1, -0.05) is 12.1 Å². The number of benzene rings is 2. The standard InChI is InChI=1S/C13H8BrFO3/c14-9-7-8(13(16)17)5-6-11(9)18-12-4-2-1-3-10(12)15/h1-7H,(H,16,17). The smallest absolute Gasteiger partial charge is 0.335 e. The van der Waals surface area contributed by atoms with Crippen molar-refractivity contribution in [2.45, 2.75) is 0 Å². The predicted octanol–water partition coefficient (Wildman–Crippen LogP) is 4.08. The number of ether oxygens (including phenoxy) is 1. The molecular formula is C13H8BrFO3. The monoisotopic (exact) mass is 310 g/mol. The van der Waals surface area contributed by atoms with Crippen molar-refractivity contribution in [3.8, 4) is 11.5 Å². The Labute approximate surface area is 111 Å². The van der Waals surface area contributed by atoms with Crippen molar-refractivity contribution in [1.82, 2.24) is 0 Å². The van der Waals surface area contributed by atoms with E-state index in [-0.39, 0.29) is 11.3 Å². The number of para-hydroxylation sites is 1. The summed E-state index contributed by atoms with van der Waals surface area (Å²) in [5.41, 5.74) is 0.128. The fourth-order valence-corrected chi connectivity index (χ4v) is 1.82. The summed E-state index contributed by atoms with van der Waals surface area (Å²) in [6.07, 6.45) is 0. The van der Waals surface area contributed by atoms with E-state index in [1.807, 2.05) is 0 Å². The summed E-state index contributed by atoms with van der Waals surface area (Å²) in [4.78, 5) is 10.8. The lowest BCUT2D eigenvalue weighted by molar-refractivity contribution is 0.0697. The second-order valence-corrected chi connectivity index (χ2v) is 4.34. The van der Waals surface area contributed by atoms with Gasteiger partial charge in [0, 0.05) is 0 Å². The average Bonchev–Trinajstić information content (AvgIpc) is 2.34. The van der Waals surface area contributed by atoms with E-state index >= 15 is 0 Å². The number of halogens is 2. The lowest BCUT2D eigenvalue weighted by Crippen LogP contribution is -1.96. The molecule has 0 heterocycles. The molecule has 1 N–H and O–H groups in total. The summed E-state index contributed by atoms with van der Waals surface area (Å²) in [5, 5.41) is 8.81. The van der Waals surface area contributed by atoms with Gasteiger partial charge >= 0.3 is 5.97 Å². The summed E-state index contributed by atoms with van der Waals surface area (Å²) in [6.45, 7) is 0. The molecule has 0 amide bonds. The minimum absolute atomic E-state index is 0.0845. The van der Waals surface area contributed by atoms with Crippen LogP contribution in [0.2, 0.25) is 0 Å². The molecule has 0 radical (unpaired) electrons. The van der Waals surface area contributed by atoms with E-state index in [4.69, 9.17) is 9.84 Å². The van der Waals surface area contributed by atoms with Crippen LogP contribution in [0.4, 0.5) is 4.39 Å². The first-order valence-corrected chi connectivity index (χ1v) is 5.82. The van der Waals surface area contributed by atoms with Crippen LogP contribution in [-0.4, -0.2) is 11.1 Å². The van der Waals surface area contributed by atoms with E-state index in [1.165, 1.54) is 30.3 Å². The highest BCUT2D eigenvalue weighted by Crippen LogP contribution is 2.31. The summed E-state index contributed by atoms with van der Waals surface area (Å²) in [5.74, 6) is -1.08. The molecule has 0 saturated carbocycles. The maximum atomic E-state index is 13.4. The normalized spacial score (nSPS) is 10.1. The topological polar surface area (TPSA) is 46.5 Å². The Morgan fingerprint density at radius 2 is 1.89 bits per heavy atom. The van der Waals surface area contributed by atoms with Gasteiger partial charge in [-0.25, -0.2) is 9.18 Å². The van der Waals surface area contributed by atoms with Crippen molar-refractivity contribution in [2.24, 2.45) is 0 Å². The zero-order chi connectivity index (χ0) is 13.1. The summed E-state index contributed by atoms with van der Waals surface area (Å²) in [6, 6.07) is 10.3. The minimum Gasteiger partial charge on any atom is -0.478 e. The van der Waals surface area contributed by atoms with Gasteiger partial charge in [0.05, 0.1) is 10.0 Å². The van der Waals surface area contributed by atoms with Gasteiger partial charge in [0.2, 0.25) is 0 Å². The number of carbonyl (C=O) groups is 1. The molecule has 92 valence electrons. The zero-order valence-corrected chi connectivity index (χ0v) is 10.6. The van der Waals surface area contributed by atoms with Crippen molar-refractivity contribution < 1.29 is 19.0 Å².